The van der Waals surface area contributed by atoms with E-state index in [1.165, 1.54) is 11.3 Å². The summed E-state index contributed by atoms with van der Waals surface area (Å²) in [6.07, 6.45) is 2.52. The van der Waals surface area contributed by atoms with Crippen LogP contribution < -0.4 is 10.6 Å². The maximum Gasteiger partial charge on any atom is 0.251 e. The zero-order valence-corrected chi connectivity index (χ0v) is 20.1. The summed E-state index contributed by atoms with van der Waals surface area (Å²) in [6, 6.07) is 16.6. The van der Waals surface area contributed by atoms with Gasteiger partial charge in [0.25, 0.3) is 5.91 Å². The first kappa shape index (κ1) is 24.0. The van der Waals surface area contributed by atoms with Crippen LogP contribution in [0.15, 0.2) is 60.0 Å². The Kier molecular flexibility index (Phi) is 8.84. The summed E-state index contributed by atoms with van der Waals surface area (Å²) in [5.41, 5.74) is 3.47. The fourth-order valence-corrected chi connectivity index (χ4v) is 4.33. The molecule has 1 atom stereocenters. The van der Waals surface area contributed by atoms with Crippen molar-refractivity contribution in [3.63, 3.8) is 0 Å². The van der Waals surface area contributed by atoms with Crippen molar-refractivity contribution in [2.75, 3.05) is 31.4 Å². The maximum absolute atomic E-state index is 12.9. The molecule has 2 N–H and O–H groups in total. The van der Waals surface area contributed by atoms with E-state index in [4.69, 9.17) is 0 Å². The lowest BCUT2D eigenvalue weighted by Crippen LogP contribution is -2.44. The number of nitrogens with zero attached hydrogens (tertiary/aromatic N) is 2. The smallest absolute Gasteiger partial charge is 0.251 e. The lowest BCUT2D eigenvalue weighted by atomic mass is 10.1. The third kappa shape index (κ3) is 6.91. The number of thiazole rings is 1. The molecule has 32 heavy (non-hydrogen) atoms. The Hall–Kier alpha value is -2.68. The van der Waals surface area contributed by atoms with Crippen molar-refractivity contribution in [1.29, 1.82) is 0 Å². The van der Waals surface area contributed by atoms with Crippen LogP contribution in [0.3, 0.4) is 0 Å². The van der Waals surface area contributed by atoms with Gasteiger partial charge in [-0.1, -0.05) is 42.5 Å². The Morgan fingerprint density at radius 2 is 1.81 bits per heavy atom. The zero-order valence-electron chi connectivity index (χ0n) is 18.5. The molecule has 168 valence electrons. The molecule has 1 heterocycles. The zero-order chi connectivity index (χ0) is 22.9. The van der Waals surface area contributed by atoms with Crippen LogP contribution in [0.25, 0.3) is 11.3 Å². The van der Waals surface area contributed by atoms with E-state index in [1.54, 1.807) is 23.9 Å². The number of carbonyl (C=O) groups is 2. The van der Waals surface area contributed by atoms with Crippen LogP contribution >= 0.6 is 23.1 Å². The van der Waals surface area contributed by atoms with E-state index >= 15 is 0 Å². The molecule has 0 aliphatic carbocycles. The van der Waals surface area contributed by atoms with Crippen LogP contribution in [0.5, 0.6) is 0 Å². The molecular weight excluding hydrogens is 440 g/mol. The van der Waals surface area contributed by atoms with Crippen molar-refractivity contribution in [1.82, 2.24) is 15.2 Å². The lowest BCUT2D eigenvalue weighted by molar-refractivity contribution is -0.118. The Balaban J connectivity index is 1.65. The molecule has 8 heteroatoms. The summed E-state index contributed by atoms with van der Waals surface area (Å²) >= 11 is 3.01. The van der Waals surface area contributed by atoms with Crippen molar-refractivity contribution in [2.45, 2.75) is 19.0 Å². The second kappa shape index (κ2) is 11.8. The second-order valence-electron chi connectivity index (χ2n) is 7.64. The summed E-state index contributed by atoms with van der Waals surface area (Å²) in [5, 5.41) is 8.19. The molecule has 3 aromatic rings. The van der Waals surface area contributed by atoms with Crippen molar-refractivity contribution in [3.8, 4) is 11.3 Å². The molecule has 3 rings (SSSR count). The summed E-state index contributed by atoms with van der Waals surface area (Å²) in [4.78, 5) is 32.3. The number of nitrogens with one attached hydrogen (secondary N) is 2. The standard InChI is InChI=1S/C24H28N4O2S2/c1-28(2)15-17-9-11-19(12-10-17)22(29)25-20(13-14-31-3)23(30)27-24-26-21(16-32-24)18-7-5-4-6-8-18/h4-12,16,20H,13-15H2,1-3H3,(H,25,29)(H,26,27,30)/t20-/m0/s1. The molecule has 0 bridgehead atoms. The van der Waals surface area contributed by atoms with Gasteiger partial charge < -0.3 is 15.5 Å². The Morgan fingerprint density at radius 3 is 2.47 bits per heavy atom. The van der Waals surface area contributed by atoms with Gasteiger partial charge in [0, 0.05) is 23.1 Å². The van der Waals surface area contributed by atoms with Crippen LogP contribution in [-0.2, 0) is 11.3 Å². The number of hydrogen-bond donors (Lipinski definition) is 2. The predicted octanol–water partition coefficient (Wildman–Crippen LogP) is 4.36. The number of anilines is 1. The van der Waals surface area contributed by atoms with E-state index in [2.05, 4.69) is 20.5 Å². The van der Waals surface area contributed by atoms with Crippen LogP contribution in [0.4, 0.5) is 5.13 Å². The molecule has 2 aromatic carbocycles. The first-order chi connectivity index (χ1) is 15.5. The summed E-state index contributed by atoms with van der Waals surface area (Å²) < 4.78 is 0. The number of thioether (sulfide) groups is 1. The van der Waals surface area contributed by atoms with Gasteiger partial charge in [-0.05, 0) is 50.2 Å². The van der Waals surface area contributed by atoms with Crippen LogP contribution in [0.1, 0.15) is 22.3 Å². The highest BCUT2D eigenvalue weighted by Gasteiger charge is 2.22. The molecule has 0 unspecified atom stereocenters. The van der Waals surface area contributed by atoms with Gasteiger partial charge in [-0.25, -0.2) is 4.98 Å². The summed E-state index contributed by atoms with van der Waals surface area (Å²) in [7, 11) is 4.00. The minimum Gasteiger partial charge on any atom is -0.340 e. The quantitative estimate of drug-likeness (QED) is 0.462. The second-order valence-corrected chi connectivity index (χ2v) is 9.48. The normalized spacial score (nSPS) is 11.9. The number of hydrogen-bond acceptors (Lipinski definition) is 6. The van der Waals surface area contributed by atoms with E-state index < -0.39 is 6.04 Å². The number of benzene rings is 2. The Bertz CT molecular complexity index is 1020. The highest BCUT2D eigenvalue weighted by atomic mass is 32.2. The average molecular weight is 469 g/mol. The number of aromatic nitrogens is 1. The molecule has 0 fully saturated rings. The van der Waals surface area contributed by atoms with E-state index in [-0.39, 0.29) is 11.8 Å². The first-order valence-electron chi connectivity index (χ1n) is 10.3. The molecule has 0 aliphatic rings. The van der Waals surface area contributed by atoms with Gasteiger partial charge in [-0.2, -0.15) is 11.8 Å². The maximum atomic E-state index is 12.9. The Labute approximate surface area is 197 Å². The van der Waals surface area contributed by atoms with Gasteiger partial charge in [-0.3, -0.25) is 9.59 Å². The van der Waals surface area contributed by atoms with Crippen LogP contribution in [0.2, 0.25) is 0 Å². The fourth-order valence-electron chi connectivity index (χ4n) is 3.14. The van der Waals surface area contributed by atoms with Gasteiger partial charge in [-0.15, -0.1) is 11.3 Å². The predicted molar refractivity (Wildman–Crippen MR) is 134 cm³/mol. The highest BCUT2D eigenvalue weighted by molar-refractivity contribution is 7.98. The third-order valence-corrected chi connectivity index (χ3v) is 6.15. The van der Waals surface area contributed by atoms with Crippen molar-refractivity contribution < 1.29 is 9.59 Å². The summed E-state index contributed by atoms with van der Waals surface area (Å²) in [6.45, 7) is 0.805. The molecule has 0 saturated carbocycles. The molecular formula is C24H28N4O2S2. The highest BCUT2D eigenvalue weighted by Crippen LogP contribution is 2.24. The largest absolute Gasteiger partial charge is 0.340 e. The third-order valence-electron chi connectivity index (χ3n) is 4.75. The SMILES string of the molecule is CSCC[C@H](NC(=O)c1ccc(CN(C)C)cc1)C(=O)Nc1nc(-c2ccccc2)cs1. The monoisotopic (exact) mass is 468 g/mol. The number of carbonyl (C=O) groups excluding carboxylic acids is 2. The minimum atomic E-state index is -0.638. The van der Waals surface area contributed by atoms with Gasteiger partial charge in [0.05, 0.1) is 5.69 Å². The molecule has 6 nitrogen and oxygen atoms in total. The fraction of sp³-hybridized carbons (Fsp3) is 0.292. The van der Waals surface area contributed by atoms with Gasteiger partial charge in [0.2, 0.25) is 5.91 Å². The van der Waals surface area contributed by atoms with Crippen LogP contribution in [-0.4, -0.2) is 53.8 Å². The molecule has 2 amide bonds. The van der Waals surface area contributed by atoms with E-state index in [0.29, 0.717) is 17.1 Å². The topological polar surface area (TPSA) is 74.3 Å². The number of rotatable bonds is 10. The van der Waals surface area contributed by atoms with Crippen molar-refractivity contribution in [3.05, 3.63) is 71.1 Å². The summed E-state index contributed by atoms with van der Waals surface area (Å²) in [5.74, 6) is 0.241. The lowest BCUT2D eigenvalue weighted by Gasteiger charge is -2.17. The van der Waals surface area contributed by atoms with Crippen molar-refractivity contribution in [2.24, 2.45) is 0 Å². The average Bonchev–Trinajstić information content (AvgIpc) is 3.25. The van der Waals surface area contributed by atoms with Gasteiger partial charge in [0.1, 0.15) is 6.04 Å². The minimum absolute atomic E-state index is 0.258. The molecule has 1 aromatic heterocycles. The van der Waals surface area contributed by atoms with Crippen LogP contribution in [0, 0.1) is 0 Å². The molecule has 0 radical (unpaired) electrons. The van der Waals surface area contributed by atoms with E-state index in [1.807, 2.05) is 68.2 Å². The van der Waals surface area contributed by atoms with Gasteiger partial charge >= 0.3 is 0 Å². The van der Waals surface area contributed by atoms with E-state index in [9.17, 15) is 9.59 Å². The molecule has 0 aliphatic heterocycles. The van der Waals surface area contributed by atoms with Gasteiger partial charge in [0.15, 0.2) is 5.13 Å². The van der Waals surface area contributed by atoms with E-state index in [0.717, 1.165) is 29.1 Å². The number of amides is 2. The Morgan fingerprint density at radius 1 is 1.09 bits per heavy atom. The molecule has 0 saturated heterocycles. The molecule has 0 spiro atoms. The van der Waals surface area contributed by atoms with Crippen molar-refractivity contribution >= 4 is 40.0 Å². The first-order valence-corrected chi connectivity index (χ1v) is 12.6.